The van der Waals surface area contributed by atoms with Crippen LogP contribution in [0.15, 0.2) is 64.5 Å². The molecule has 1 saturated heterocycles. The van der Waals surface area contributed by atoms with Gasteiger partial charge in [0.15, 0.2) is 16.7 Å². The van der Waals surface area contributed by atoms with E-state index in [1.165, 1.54) is 29.8 Å². The summed E-state index contributed by atoms with van der Waals surface area (Å²) in [5.41, 5.74) is 2.60. The third kappa shape index (κ3) is 5.77. The summed E-state index contributed by atoms with van der Waals surface area (Å²) in [4.78, 5) is 30.8. The van der Waals surface area contributed by atoms with Gasteiger partial charge < -0.3 is 14.6 Å². The summed E-state index contributed by atoms with van der Waals surface area (Å²) in [5, 5.41) is 10.7. The highest BCUT2D eigenvalue weighted by Crippen LogP contribution is 2.40. The summed E-state index contributed by atoms with van der Waals surface area (Å²) in [7, 11) is 3.12. The summed E-state index contributed by atoms with van der Waals surface area (Å²) in [6.45, 7) is 1.89. The highest BCUT2D eigenvalue weighted by Gasteiger charge is 2.31. The fourth-order valence-electron chi connectivity index (χ4n) is 3.61. The molecule has 0 unspecified atom stereocenters. The first-order valence-electron chi connectivity index (χ1n) is 11.0. The molecule has 0 aromatic heterocycles. The summed E-state index contributed by atoms with van der Waals surface area (Å²) in [6.07, 6.45) is 1.69. The molecule has 4 rings (SSSR count). The molecule has 0 atom stereocenters. The summed E-state index contributed by atoms with van der Waals surface area (Å²) >= 11 is 13.9. The van der Waals surface area contributed by atoms with Gasteiger partial charge in [-0.15, -0.1) is 0 Å². The first-order chi connectivity index (χ1) is 17.7. The van der Waals surface area contributed by atoms with Crippen molar-refractivity contribution >= 4 is 63.8 Å². The van der Waals surface area contributed by atoms with Crippen LogP contribution in [-0.2, 0) is 11.4 Å². The minimum Gasteiger partial charge on any atom is -0.493 e. The molecule has 3 aromatic carbocycles. The highest BCUT2D eigenvalue weighted by molar-refractivity contribution is 8.18. The normalized spacial score (nSPS) is 15.5. The number of amides is 1. The number of carboxylic acids is 1. The molecule has 3 aromatic rings. The van der Waals surface area contributed by atoms with Gasteiger partial charge in [0, 0.05) is 17.6 Å². The maximum atomic E-state index is 12.9. The van der Waals surface area contributed by atoms with Gasteiger partial charge in [0.1, 0.15) is 6.61 Å². The van der Waals surface area contributed by atoms with Crippen molar-refractivity contribution in [1.29, 1.82) is 0 Å². The average Bonchev–Trinajstić information content (AvgIpc) is 3.12. The van der Waals surface area contributed by atoms with Crippen LogP contribution in [-0.4, -0.2) is 41.2 Å². The Labute approximate surface area is 228 Å². The van der Waals surface area contributed by atoms with Crippen molar-refractivity contribution < 1.29 is 24.2 Å². The number of carbonyl (C=O) groups is 2. The molecule has 7 nitrogen and oxygen atoms in total. The number of likely N-dealkylation sites (N-methyl/N-ethyl adjacent to an activating group) is 1. The SMILES string of the molecule is COc1cc(/C=C2\SC(=Nc3cccc(C(=O)O)c3C)N(C)C2=O)cc(Cl)c1OCc1ccccc1Cl. The molecule has 37 heavy (non-hydrogen) atoms. The van der Waals surface area contributed by atoms with Crippen molar-refractivity contribution in [3.63, 3.8) is 0 Å². The van der Waals surface area contributed by atoms with Crippen LogP contribution in [0.1, 0.15) is 27.0 Å². The van der Waals surface area contributed by atoms with Crippen molar-refractivity contribution in [3.8, 4) is 11.5 Å². The van der Waals surface area contributed by atoms with Gasteiger partial charge in [-0.3, -0.25) is 9.69 Å². The Morgan fingerprint density at radius 3 is 2.59 bits per heavy atom. The van der Waals surface area contributed by atoms with Crippen LogP contribution in [0.25, 0.3) is 6.08 Å². The Bertz CT molecular complexity index is 1450. The van der Waals surface area contributed by atoms with Crippen LogP contribution < -0.4 is 9.47 Å². The fraction of sp³-hybridized carbons (Fsp3) is 0.148. The molecular formula is C27H22Cl2N2O5S. The average molecular weight is 557 g/mol. The Hall–Kier alpha value is -3.46. The molecule has 1 heterocycles. The fourth-order valence-corrected chi connectivity index (χ4v) is 5.05. The molecule has 0 spiro atoms. The Kier molecular flexibility index (Phi) is 8.12. The van der Waals surface area contributed by atoms with Crippen molar-refractivity contribution in [2.75, 3.05) is 14.2 Å². The third-order valence-electron chi connectivity index (χ3n) is 5.63. The van der Waals surface area contributed by atoms with Crippen LogP contribution in [0.3, 0.4) is 0 Å². The number of methoxy groups -OCH3 is 1. The van der Waals surface area contributed by atoms with E-state index < -0.39 is 5.97 Å². The number of carbonyl (C=O) groups excluding carboxylic acids is 1. The largest absolute Gasteiger partial charge is 0.493 e. The van der Waals surface area contributed by atoms with Gasteiger partial charge >= 0.3 is 5.97 Å². The minimum absolute atomic E-state index is 0.160. The van der Waals surface area contributed by atoms with E-state index >= 15 is 0 Å². The number of rotatable bonds is 7. The molecule has 0 bridgehead atoms. The molecular weight excluding hydrogens is 535 g/mol. The number of nitrogens with zero attached hydrogens (tertiary/aromatic N) is 2. The second kappa shape index (κ2) is 11.3. The van der Waals surface area contributed by atoms with Gasteiger partial charge in [-0.05, 0) is 66.2 Å². The van der Waals surface area contributed by atoms with Crippen molar-refractivity contribution in [2.24, 2.45) is 4.99 Å². The van der Waals surface area contributed by atoms with Gasteiger partial charge in [-0.25, -0.2) is 9.79 Å². The third-order valence-corrected chi connectivity index (χ3v) is 7.34. The molecule has 1 aliphatic heterocycles. The van der Waals surface area contributed by atoms with Gasteiger partial charge in [-0.1, -0.05) is 47.5 Å². The molecule has 1 fully saturated rings. The summed E-state index contributed by atoms with van der Waals surface area (Å²) in [5.74, 6) is -0.506. The van der Waals surface area contributed by atoms with Crippen molar-refractivity contribution in [3.05, 3.63) is 91.8 Å². The van der Waals surface area contributed by atoms with E-state index in [1.54, 1.807) is 50.4 Å². The maximum Gasteiger partial charge on any atom is 0.336 e. The van der Waals surface area contributed by atoms with Crippen LogP contribution in [0.5, 0.6) is 11.5 Å². The number of carboxylic acid groups (broad SMARTS) is 1. The standard InChI is InChI=1S/C27H22Cl2N2O5S/c1-15-18(26(33)34)8-6-10-21(15)30-27-31(2)25(32)23(37-27)13-16-11-20(29)24(22(12-16)35-3)36-14-17-7-4-5-9-19(17)28/h4-13H,14H2,1-3H3,(H,33,34)/b23-13-,30-27?. The lowest BCUT2D eigenvalue weighted by atomic mass is 10.1. The number of halogens is 2. The quantitative estimate of drug-likeness (QED) is 0.321. The van der Waals surface area contributed by atoms with Gasteiger partial charge in [0.2, 0.25) is 0 Å². The second-order valence-electron chi connectivity index (χ2n) is 8.04. The summed E-state index contributed by atoms with van der Waals surface area (Å²) < 4.78 is 11.4. The van der Waals surface area contributed by atoms with Gasteiger partial charge in [0.05, 0.1) is 28.3 Å². The number of ether oxygens (including phenoxy) is 2. The molecule has 190 valence electrons. The number of thioether (sulfide) groups is 1. The van der Waals surface area contributed by atoms with E-state index in [9.17, 15) is 14.7 Å². The molecule has 1 aliphatic rings. The minimum atomic E-state index is -1.03. The number of benzene rings is 3. The Morgan fingerprint density at radius 1 is 1.14 bits per heavy atom. The molecule has 0 saturated carbocycles. The topological polar surface area (TPSA) is 88.4 Å². The Morgan fingerprint density at radius 2 is 1.89 bits per heavy atom. The van der Waals surface area contributed by atoms with Crippen LogP contribution >= 0.6 is 35.0 Å². The smallest absolute Gasteiger partial charge is 0.336 e. The van der Waals surface area contributed by atoms with E-state index in [-0.39, 0.29) is 18.1 Å². The molecule has 0 aliphatic carbocycles. The monoisotopic (exact) mass is 556 g/mol. The zero-order valence-corrected chi connectivity index (χ0v) is 22.4. The van der Waals surface area contributed by atoms with Crippen LogP contribution in [0, 0.1) is 6.92 Å². The van der Waals surface area contributed by atoms with E-state index in [1.807, 2.05) is 18.2 Å². The second-order valence-corrected chi connectivity index (χ2v) is 9.86. The lowest BCUT2D eigenvalue weighted by Crippen LogP contribution is -2.23. The zero-order valence-electron chi connectivity index (χ0n) is 20.1. The first kappa shape index (κ1) is 26.6. The zero-order chi connectivity index (χ0) is 26.7. The van der Waals surface area contributed by atoms with E-state index in [0.29, 0.717) is 48.4 Å². The molecule has 0 radical (unpaired) electrons. The van der Waals surface area contributed by atoms with E-state index in [4.69, 9.17) is 32.7 Å². The molecule has 1 amide bonds. The van der Waals surface area contributed by atoms with Crippen molar-refractivity contribution in [2.45, 2.75) is 13.5 Å². The lowest BCUT2D eigenvalue weighted by Gasteiger charge is -2.14. The van der Waals surface area contributed by atoms with Crippen LogP contribution in [0.2, 0.25) is 10.0 Å². The van der Waals surface area contributed by atoms with Gasteiger partial charge in [-0.2, -0.15) is 0 Å². The first-order valence-corrected chi connectivity index (χ1v) is 12.6. The maximum absolute atomic E-state index is 12.9. The number of hydrogen-bond donors (Lipinski definition) is 1. The van der Waals surface area contributed by atoms with E-state index in [2.05, 4.69) is 4.99 Å². The van der Waals surface area contributed by atoms with E-state index in [0.717, 1.165) is 5.56 Å². The Balaban J connectivity index is 1.60. The number of aromatic carboxylic acids is 1. The molecule has 10 heteroatoms. The number of aliphatic imine (C=N–C) groups is 1. The predicted molar refractivity (Wildman–Crippen MR) is 147 cm³/mol. The number of hydrogen-bond acceptors (Lipinski definition) is 6. The summed E-state index contributed by atoms with van der Waals surface area (Å²) in [6, 6.07) is 15.6. The lowest BCUT2D eigenvalue weighted by molar-refractivity contribution is -0.121. The highest BCUT2D eigenvalue weighted by atomic mass is 35.5. The molecule has 1 N–H and O–H groups in total. The predicted octanol–water partition coefficient (Wildman–Crippen LogP) is 6.82. The van der Waals surface area contributed by atoms with Crippen LogP contribution in [0.4, 0.5) is 5.69 Å². The van der Waals surface area contributed by atoms with Crippen molar-refractivity contribution in [1.82, 2.24) is 4.90 Å². The van der Waals surface area contributed by atoms with Gasteiger partial charge in [0.25, 0.3) is 5.91 Å². The number of amidine groups is 1.